The molecule has 1 unspecified atom stereocenters. The van der Waals surface area contributed by atoms with Crippen molar-refractivity contribution in [3.05, 3.63) is 55.7 Å². The van der Waals surface area contributed by atoms with Crippen LogP contribution in [0.15, 0.2) is 34.8 Å². The van der Waals surface area contributed by atoms with Crippen LogP contribution in [0.4, 0.5) is 0 Å². The monoisotopic (exact) mass is 337 g/mol. The molecular formula is C16H20BrNS. The van der Waals surface area contributed by atoms with Crippen LogP contribution in [-0.2, 0) is 0 Å². The van der Waals surface area contributed by atoms with Gasteiger partial charge in [-0.3, -0.25) is 0 Å². The molecule has 19 heavy (non-hydrogen) atoms. The van der Waals surface area contributed by atoms with Crippen molar-refractivity contribution in [2.75, 3.05) is 6.54 Å². The van der Waals surface area contributed by atoms with Gasteiger partial charge in [0, 0.05) is 14.2 Å². The first-order valence-electron chi connectivity index (χ1n) is 6.68. The molecule has 0 radical (unpaired) electrons. The van der Waals surface area contributed by atoms with Crippen molar-refractivity contribution in [1.82, 2.24) is 5.32 Å². The SMILES string of the molecule is CCCNC(c1ccccc1C)c1sc(C)cc1Br. The lowest BCUT2D eigenvalue weighted by Gasteiger charge is -2.20. The summed E-state index contributed by atoms with van der Waals surface area (Å²) in [6.45, 7) is 7.58. The quantitative estimate of drug-likeness (QED) is 0.788. The second-order valence-corrected chi connectivity index (χ2v) is 6.96. The van der Waals surface area contributed by atoms with E-state index >= 15 is 0 Å². The van der Waals surface area contributed by atoms with Gasteiger partial charge < -0.3 is 5.32 Å². The van der Waals surface area contributed by atoms with Crippen LogP contribution in [0, 0.1) is 13.8 Å². The van der Waals surface area contributed by atoms with Gasteiger partial charge in [0.1, 0.15) is 0 Å². The Morgan fingerprint density at radius 2 is 2.00 bits per heavy atom. The first-order valence-corrected chi connectivity index (χ1v) is 8.29. The van der Waals surface area contributed by atoms with Crippen LogP contribution in [0.5, 0.6) is 0 Å². The molecule has 1 N–H and O–H groups in total. The van der Waals surface area contributed by atoms with Crippen molar-refractivity contribution in [3.63, 3.8) is 0 Å². The van der Waals surface area contributed by atoms with E-state index in [9.17, 15) is 0 Å². The zero-order valence-electron chi connectivity index (χ0n) is 11.7. The summed E-state index contributed by atoms with van der Waals surface area (Å²) in [5.74, 6) is 0. The molecule has 1 aromatic heterocycles. The molecule has 0 fully saturated rings. The van der Waals surface area contributed by atoms with E-state index in [0.29, 0.717) is 0 Å². The summed E-state index contributed by atoms with van der Waals surface area (Å²) in [4.78, 5) is 2.72. The van der Waals surface area contributed by atoms with E-state index < -0.39 is 0 Å². The molecule has 0 aliphatic carbocycles. The molecule has 0 amide bonds. The van der Waals surface area contributed by atoms with Crippen molar-refractivity contribution >= 4 is 27.3 Å². The molecule has 1 aromatic carbocycles. The van der Waals surface area contributed by atoms with Crippen LogP contribution in [0.2, 0.25) is 0 Å². The first kappa shape index (κ1) is 14.8. The molecule has 0 saturated heterocycles. The molecule has 1 heterocycles. The van der Waals surface area contributed by atoms with Crippen molar-refractivity contribution in [2.24, 2.45) is 0 Å². The zero-order valence-corrected chi connectivity index (χ0v) is 14.1. The van der Waals surface area contributed by atoms with Gasteiger partial charge in [-0.25, -0.2) is 0 Å². The van der Waals surface area contributed by atoms with E-state index in [-0.39, 0.29) is 6.04 Å². The Morgan fingerprint density at radius 1 is 1.26 bits per heavy atom. The molecule has 0 bridgehead atoms. The summed E-state index contributed by atoms with van der Waals surface area (Å²) in [5, 5.41) is 3.68. The number of thiophene rings is 1. The summed E-state index contributed by atoms with van der Waals surface area (Å²) in [7, 11) is 0. The molecule has 0 spiro atoms. The smallest absolute Gasteiger partial charge is 0.0685 e. The number of hydrogen-bond acceptors (Lipinski definition) is 2. The standard InChI is InChI=1S/C16H20BrNS/c1-4-9-18-15(13-8-6-5-7-11(13)2)16-14(17)10-12(3)19-16/h5-8,10,15,18H,4,9H2,1-3H3. The highest BCUT2D eigenvalue weighted by molar-refractivity contribution is 9.10. The summed E-state index contributed by atoms with van der Waals surface area (Å²) in [5.41, 5.74) is 2.72. The van der Waals surface area contributed by atoms with Crippen molar-refractivity contribution < 1.29 is 0 Å². The number of halogens is 1. The first-order chi connectivity index (χ1) is 9.13. The number of nitrogens with one attached hydrogen (secondary N) is 1. The predicted octanol–water partition coefficient (Wildman–Crippen LogP) is 5.22. The summed E-state index contributed by atoms with van der Waals surface area (Å²) >= 11 is 5.57. The third kappa shape index (κ3) is 3.47. The Morgan fingerprint density at radius 3 is 2.58 bits per heavy atom. The van der Waals surface area contributed by atoms with E-state index in [1.54, 1.807) is 0 Å². The van der Waals surface area contributed by atoms with Gasteiger partial charge in [-0.15, -0.1) is 11.3 Å². The number of benzene rings is 1. The van der Waals surface area contributed by atoms with Gasteiger partial charge >= 0.3 is 0 Å². The van der Waals surface area contributed by atoms with Gasteiger partial charge in [0.2, 0.25) is 0 Å². The van der Waals surface area contributed by atoms with Crippen molar-refractivity contribution in [3.8, 4) is 0 Å². The van der Waals surface area contributed by atoms with Crippen LogP contribution < -0.4 is 5.32 Å². The molecule has 0 aliphatic heterocycles. The fourth-order valence-corrected chi connectivity index (χ4v) is 4.22. The van der Waals surface area contributed by atoms with Crippen molar-refractivity contribution in [1.29, 1.82) is 0 Å². The van der Waals surface area contributed by atoms with E-state index in [1.807, 2.05) is 11.3 Å². The Labute approximate surface area is 128 Å². The highest BCUT2D eigenvalue weighted by Gasteiger charge is 2.19. The fourth-order valence-electron chi connectivity index (χ4n) is 2.24. The third-order valence-corrected chi connectivity index (χ3v) is 5.23. The molecule has 2 rings (SSSR count). The van der Waals surface area contributed by atoms with Crippen LogP contribution >= 0.6 is 27.3 Å². The topological polar surface area (TPSA) is 12.0 Å². The van der Waals surface area contributed by atoms with E-state index in [1.165, 1.54) is 25.4 Å². The molecule has 2 aromatic rings. The Bertz CT molecular complexity index is 547. The van der Waals surface area contributed by atoms with E-state index in [0.717, 1.165) is 13.0 Å². The molecule has 102 valence electrons. The molecular weight excluding hydrogens is 318 g/mol. The van der Waals surface area contributed by atoms with Crippen LogP contribution in [0.25, 0.3) is 0 Å². The molecule has 1 nitrogen and oxygen atoms in total. The van der Waals surface area contributed by atoms with Crippen LogP contribution in [0.1, 0.15) is 40.3 Å². The lowest BCUT2D eigenvalue weighted by molar-refractivity contribution is 0.602. The highest BCUT2D eigenvalue weighted by Crippen LogP contribution is 2.36. The summed E-state index contributed by atoms with van der Waals surface area (Å²) < 4.78 is 1.21. The van der Waals surface area contributed by atoms with Gasteiger partial charge in [-0.2, -0.15) is 0 Å². The summed E-state index contributed by atoms with van der Waals surface area (Å²) in [6.07, 6.45) is 1.14. The second-order valence-electron chi connectivity index (χ2n) is 4.81. The average molecular weight is 338 g/mol. The Kier molecular flexibility index (Phi) is 5.20. The van der Waals surface area contributed by atoms with Gasteiger partial charge in [-0.05, 0) is 59.9 Å². The van der Waals surface area contributed by atoms with E-state index in [4.69, 9.17) is 0 Å². The van der Waals surface area contributed by atoms with Crippen molar-refractivity contribution in [2.45, 2.75) is 33.2 Å². The lowest BCUT2D eigenvalue weighted by atomic mass is 10.00. The fraction of sp³-hybridized carbons (Fsp3) is 0.375. The highest BCUT2D eigenvalue weighted by atomic mass is 79.9. The zero-order chi connectivity index (χ0) is 13.8. The lowest BCUT2D eigenvalue weighted by Crippen LogP contribution is -2.23. The Balaban J connectivity index is 2.41. The number of hydrogen-bond donors (Lipinski definition) is 1. The minimum absolute atomic E-state index is 0.286. The van der Waals surface area contributed by atoms with Gasteiger partial charge in [-0.1, -0.05) is 31.2 Å². The van der Waals surface area contributed by atoms with Gasteiger partial charge in [0.25, 0.3) is 0 Å². The van der Waals surface area contributed by atoms with Gasteiger partial charge in [0.05, 0.1) is 6.04 Å². The second kappa shape index (κ2) is 6.69. The minimum Gasteiger partial charge on any atom is -0.306 e. The molecule has 0 aliphatic rings. The van der Waals surface area contributed by atoms with Gasteiger partial charge in [0.15, 0.2) is 0 Å². The minimum atomic E-state index is 0.286. The normalized spacial score (nSPS) is 12.6. The van der Waals surface area contributed by atoms with Crippen LogP contribution in [-0.4, -0.2) is 6.54 Å². The number of aryl methyl sites for hydroxylation is 2. The molecule has 1 atom stereocenters. The van der Waals surface area contributed by atoms with E-state index in [2.05, 4.69) is 72.3 Å². The third-order valence-electron chi connectivity index (χ3n) is 3.20. The van der Waals surface area contributed by atoms with Crippen LogP contribution in [0.3, 0.4) is 0 Å². The summed E-state index contributed by atoms with van der Waals surface area (Å²) in [6, 6.07) is 11.1. The molecule has 3 heteroatoms. The Hall–Kier alpha value is -0.640. The predicted molar refractivity (Wildman–Crippen MR) is 88.1 cm³/mol. The maximum atomic E-state index is 3.70. The average Bonchev–Trinajstić information content (AvgIpc) is 2.71. The number of rotatable bonds is 5. The molecule has 0 saturated carbocycles. The largest absolute Gasteiger partial charge is 0.306 e. The maximum Gasteiger partial charge on any atom is 0.0685 e. The maximum absolute atomic E-state index is 3.70.